The summed E-state index contributed by atoms with van der Waals surface area (Å²) in [6, 6.07) is 8.82. The van der Waals surface area contributed by atoms with Crippen molar-refractivity contribution in [3.8, 4) is 0 Å². The predicted octanol–water partition coefficient (Wildman–Crippen LogP) is 2.82. The molecule has 1 aliphatic heterocycles. The molecule has 0 atom stereocenters. The quantitative estimate of drug-likeness (QED) is 0.804. The van der Waals surface area contributed by atoms with E-state index < -0.39 is 0 Å². The Kier molecular flexibility index (Phi) is 5.21. The highest BCUT2D eigenvalue weighted by molar-refractivity contribution is 5.20. The summed E-state index contributed by atoms with van der Waals surface area (Å²) < 4.78 is 0. The van der Waals surface area contributed by atoms with Crippen LogP contribution in [0, 0.1) is 12.8 Å². The van der Waals surface area contributed by atoms with E-state index in [9.17, 15) is 0 Å². The molecule has 0 spiro atoms. The van der Waals surface area contributed by atoms with E-state index in [0.29, 0.717) is 0 Å². The van der Waals surface area contributed by atoms with Crippen molar-refractivity contribution in [3.63, 3.8) is 0 Å². The number of nitrogens with zero attached hydrogens (tertiary/aromatic N) is 1. The van der Waals surface area contributed by atoms with Crippen LogP contribution in [0.15, 0.2) is 24.3 Å². The van der Waals surface area contributed by atoms with Crippen LogP contribution in [0.1, 0.15) is 30.4 Å². The molecular weight excluding hydrogens is 220 g/mol. The number of hydrogen-bond donors (Lipinski definition) is 1. The molecule has 18 heavy (non-hydrogen) atoms. The van der Waals surface area contributed by atoms with E-state index in [0.717, 1.165) is 19.0 Å². The summed E-state index contributed by atoms with van der Waals surface area (Å²) in [7, 11) is 2.23. The third kappa shape index (κ3) is 4.43. The Bertz CT molecular complexity index is 337. The van der Waals surface area contributed by atoms with Gasteiger partial charge in [-0.3, -0.25) is 0 Å². The first-order chi connectivity index (χ1) is 8.74. The van der Waals surface area contributed by atoms with Crippen LogP contribution in [0.4, 0.5) is 0 Å². The lowest BCUT2D eigenvalue weighted by Crippen LogP contribution is -2.31. The van der Waals surface area contributed by atoms with Gasteiger partial charge in [0.2, 0.25) is 0 Å². The smallest absolute Gasteiger partial charge is 0.0205 e. The molecule has 1 fully saturated rings. The van der Waals surface area contributed by atoms with Gasteiger partial charge in [0.25, 0.3) is 0 Å². The van der Waals surface area contributed by atoms with Gasteiger partial charge in [0.1, 0.15) is 0 Å². The van der Waals surface area contributed by atoms with Gasteiger partial charge >= 0.3 is 0 Å². The van der Waals surface area contributed by atoms with Gasteiger partial charge in [-0.25, -0.2) is 0 Å². The van der Waals surface area contributed by atoms with Crippen molar-refractivity contribution in [2.75, 3.05) is 26.7 Å². The average Bonchev–Trinajstić information content (AvgIpc) is 2.39. The van der Waals surface area contributed by atoms with Crippen molar-refractivity contribution >= 4 is 0 Å². The molecule has 0 aromatic heterocycles. The van der Waals surface area contributed by atoms with Crippen LogP contribution in [0.3, 0.4) is 0 Å². The molecule has 1 aromatic carbocycles. The molecule has 0 aliphatic carbocycles. The third-order valence-corrected chi connectivity index (χ3v) is 4.02. The Balaban J connectivity index is 1.60. The van der Waals surface area contributed by atoms with Crippen LogP contribution in [0.2, 0.25) is 0 Å². The lowest BCUT2D eigenvalue weighted by molar-refractivity contribution is 0.211. The highest BCUT2D eigenvalue weighted by Gasteiger charge is 2.15. The first-order valence-corrected chi connectivity index (χ1v) is 7.19. The molecule has 100 valence electrons. The molecule has 1 N–H and O–H groups in total. The molecule has 1 heterocycles. The number of benzene rings is 1. The van der Waals surface area contributed by atoms with E-state index in [1.165, 1.54) is 43.5 Å². The Hall–Kier alpha value is -0.860. The second kappa shape index (κ2) is 6.91. The average molecular weight is 246 g/mol. The van der Waals surface area contributed by atoms with E-state index in [1.807, 2.05) is 0 Å². The maximum absolute atomic E-state index is 3.57. The van der Waals surface area contributed by atoms with Crippen LogP contribution >= 0.6 is 0 Å². The highest BCUT2D eigenvalue weighted by atomic mass is 15.1. The van der Waals surface area contributed by atoms with Crippen molar-refractivity contribution in [3.05, 3.63) is 35.4 Å². The molecule has 0 radical (unpaired) electrons. The zero-order valence-electron chi connectivity index (χ0n) is 11.8. The summed E-state index contributed by atoms with van der Waals surface area (Å²) >= 11 is 0. The van der Waals surface area contributed by atoms with Crippen molar-refractivity contribution in [2.45, 2.75) is 32.7 Å². The fraction of sp³-hybridized carbons (Fsp3) is 0.625. The SMILES string of the molecule is Cc1ccc(CNCCC2CCN(C)CC2)cc1. The summed E-state index contributed by atoms with van der Waals surface area (Å²) in [6.45, 7) is 6.86. The molecular formula is C16H26N2. The van der Waals surface area contributed by atoms with Gasteiger partial charge in [-0.15, -0.1) is 0 Å². The second-order valence-corrected chi connectivity index (χ2v) is 5.70. The van der Waals surface area contributed by atoms with Crippen LogP contribution in [0.25, 0.3) is 0 Å². The van der Waals surface area contributed by atoms with E-state index in [4.69, 9.17) is 0 Å². The van der Waals surface area contributed by atoms with Gasteiger partial charge in [-0.05, 0) is 64.3 Å². The zero-order valence-corrected chi connectivity index (χ0v) is 11.8. The Morgan fingerprint density at radius 3 is 2.50 bits per heavy atom. The largest absolute Gasteiger partial charge is 0.313 e. The van der Waals surface area contributed by atoms with Gasteiger partial charge in [0.15, 0.2) is 0 Å². The Labute approximate surface area is 111 Å². The maximum Gasteiger partial charge on any atom is 0.0205 e. The van der Waals surface area contributed by atoms with Gasteiger partial charge in [0.05, 0.1) is 0 Å². The lowest BCUT2D eigenvalue weighted by atomic mass is 9.94. The number of piperidine rings is 1. The van der Waals surface area contributed by atoms with Crippen molar-refractivity contribution in [1.82, 2.24) is 10.2 Å². The van der Waals surface area contributed by atoms with Crippen molar-refractivity contribution in [1.29, 1.82) is 0 Å². The highest BCUT2D eigenvalue weighted by Crippen LogP contribution is 2.18. The number of rotatable bonds is 5. The van der Waals surface area contributed by atoms with Crippen LogP contribution < -0.4 is 5.32 Å². The minimum atomic E-state index is 0.937. The van der Waals surface area contributed by atoms with Crippen LogP contribution in [-0.4, -0.2) is 31.6 Å². The molecule has 0 amide bonds. The third-order valence-electron chi connectivity index (χ3n) is 4.02. The Morgan fingerprint density at radius 2 is 1.83 bits per heavy atom. The van der Waals surface area contributed by atoms with E-state index in [-0.39, 0.29) is 0 Å². The van der Waals surface area contributed by atoms with Gasteiger partial charge in [-0.2, -0.15) is 0 Å². The molecule has 0 saturated carbocycles. The van der Waals surface area contributed by atoms with Crippen LogP contribution in [-0.2, 0) is 6.54 Å². The number of aryl methyl sites for hydroxylation is 1. The summed E-state index contributed by atoms with van der Waals surface area (Å²) in [5.41, 5.74) is 2.73. The standard InChI is InChI=1S/C16H26N2/c1-14-3-5-16(6-4-14)13-17-10-7-15-8-11-18(2)12-9-15/h3-6,15,17H,7-13H2,1-2H3. The minimum absolute atomic E-state index is 0.937. The first kappa shape index (κ1) is 13.6. The molecule has 2 rings (SSSR count). The fourth-order valence-electron chi connectivity index (χ4n) is 2.60. The molecule has 1 saturated heterocycles. The first-order valence-electron chi connectivity index (χ1n) is 7.19. The van der Waals surface area contributed by atoms with Gasteiger partial charge in [0, 0.05) is 6.54 Å². The molecule has 0 bridgehead atoms. The minimum Gasteiger partial charge on any atom is -0.313 e. The van der Waals surface area contributed by atoms with Crippen molar-refractivity contribution < 1.29 is 0 Å². The molecule has 0 unspecified atom stereocenters. The monoisotopic (exact) mass is 246 g/mol. The summed E-state index contributed by atoms with van der Waals surface area (Å²) in [4.78, 5) is 2.44. The number of hydrogen-bond acceptors (Lipinski definition) is 2. The van der Waals surface area contributed by atoms with E-state index >= 15 is 0 Å². The summed E-state index contributed by atoms with van der Waals surface area (Å²) in [5, 5.41) is 3.57. The van der Waals surface area contributed by atoms with E-state index in [2.05, 4.69) is 48.5 Å². The second-order valence-electron chi connectivity index (χ2n) is 5.70. The van der Waals surface area contributed by atoms with Gasteiger partial charge < -0.3 is 10.2 Å². The molecule has 1 aromatic rings. The van der Waals surface area contributed by atoms with Crippen LogP contribution in [0.5, 0.6) is 0 Å². The molecule has 2 nitrogen and oxygen atoms in total. The number of nitrogens with one attached hydrogen (secondary N) is 1. The predicted molar refractivity (Wildman–Crippen MR) is 77.7 cm³/mol. The van der Waals surface area contributed by atoms with E-state index in [1.54, 1.807) is 0 Å². The summed E-state index contributed by atoms with van der Waals surface area (Å²) in [6.07, 6.45) is 4.09. The number of likely N-dealkylation sites (tertiary alicyclic amines) is 1. The topological polar surface area (TPSA) is 15.3 Å². The summed E-state index contributed by atoms with van der Waals surface area (Å²) in [5.74, 6) is 0.937. The van der Waals surface area contributed by atoms with Gasteiger partial charge in [-0.1, -0.05) is 29.8 Å². The zero-order chi connectivity index (χ0) is 12.8. The Morgan fingerprint density at radius 1 is 1.17 bits per heavy atom. The maximum atomic E-state index is 3.57. The molecule has 1 aliphatic rings. The fourth-order valence-corrected chi connectivity index (χ4v) is 2.60. The van der Waals surface area contributed by atoms with Crippen molar-refractivity contribution in [2.24, 2.45) is 5.92 Å². The molecule has 2 heteroatoms. The normalized spacial score (nSPS) is 18.1. The lowest BCUT2D eigenvalue weighted by Gasteiger charge is -2.28.